The Hall–Kier alpha value is -3.02. The van der Waals surface area contributed by atoms with Crippen molar-refractivity contribution in [3.05, 3.63) is 64.4 Å². The van der Waals surface area contributed by atoms with Crippen LogP contribution in [-0.4, -0.2) is 25.7 Å². The lowest BCUT2D eigenvalue weighted by Gasteiger charge is -2.15. The Morgan fingerprint density at radius 2 is 1.86 bits per heavy atom. The second-order valence-electron chi connectivity index (χ2n) is 7.13. The number of hydrogen-bond acceptors (Lipinski definition) is 4. The Kier molecular flexibility index (Phi) is 5.58. The van der Waals surface area contributed by atoms with Gasteiger partial charge in [0.1, 0.15) is 5.82 Å². The molecule has 6 heteroatoms. The zero-order valence-electron chi connectivity index (χ0n) is 17.4. The van der Waals surface area contributed by atoms with Crippen LogP contribution in [0.15, 0.2) is 30.5 Å². The van der Waals surface area contributed by atoms with Crippen LogP contribution in [0.2, 0.25) is 0 Å². The molecule has 2 aromatic heterocycles. The summed E-state index contributed by atoms with van der Waals surface area (Å²) < 4.78 is 1.84. The molecule has 0 bridgehead atoms. The molecule has 3 rings (SSSR count). The van der Waals surface area contributed by atoms with Gasteiger partial charge in [0.25, 0.3) is 5.91 Å². The molecule has 1 N–H and O–H groups in total. The molecule has 0 radical (unpaired) electrons. The van der Waals surface area contributed by atoms with Gasteiger partial charge in [-0.2, -0.15) is 5.10 Å². The van der Waals surface area contributed by atoms with E-state index in [1.807, 2.05) is 69.9 Å². The van der Waals surface area contributed by atoms with Crippen LogP contribution >= 0.6 is 0 Å². The summed E-state index contributed by atoms with van der Waals surface area (Å²) in [5, 5.41) is 7.51. The fraction of sp³-hybridized carbons (Fsp3) is 0.364. The van der Waals surface area contributed by atoms with Crippen LogP contribution in [0.1, 0.15) is 58.6 Å². The smallest absolute Gasteiger partial charge is 0.251 e. The minimum atomic E-state index is -0.114. The molecule has 1 unspecified atom stereocenters. The third-order valence-corrected chi connectivity index (χ3v) is 5.13. The van der Waals surface area contributed by atoms with Gasteiger partial charge in [-0.15, -0.1) is 0 Å². The molecule has 0 saturated carbocycles. The Bertz CT molecular complexity index is 1000. The standard InChI is InChI=1S/C22H27N5O/c1-7-17-12-23-16(5)25-21(17)18-8-10-19(11-9-18)22(28)24-13(2)20-14(3)26-27(6)15(20)4/h8-13H,7H2,1-6H3,(H,24,28). The van der Waals surface area contributed by atoms with Crippen LogP contribution in [0.4, 0.5) is 0 Å². The summed E-state index contributed by atoms with van der Waals surface area (Å²) in [4.78, 5) is 21.6. The monoisotopic (exact) mass is 377 g/mol. The van der Waals surface area contributed by atoms with Crippen molar-refractivity contribution in [2.24, 2.45) is 7.05 Å². The first kappa shape index (κ1) is 19.7. The molecule has 6 nitrogen and oxygen atoms in total. The molecule has 0 spiro atoms. The number of amides is 1. The van der Waals surface area contributed by atoms with E-state index in [0.29, 0.717) is 5.56 Å². The molecule has 146 valence electrons. The molecule has 0 aliphatic carbocycles. The largest absolute Gasteiger partial charge is 0.345 e. The zero-order chi connectivity index (χ0) is 20.4. The van der Waals surface area contributed by atoms with Crippen molar-refractivity contribution >= 4 is 5.91 Å². The number of hydrogen-bond donors (Lipinski definition) is 1. The van der Waals surface area contributed by atoms with Gasteiger partial charge in [0.2, 0.25) is 0 Å². The molecule has 0 aliphatic rings. The lowest BCUT2D eigenvalue weighted by atomic mass is 10.0. The Morgan fingerprint density at radius 1 is 1.18 bits per heavy atom. The van der Waals surface area contributed by atoms with E-state index in [1.54, 1.807) is 0 Å². The molecule has 0 aliphatic heterocycles. The summed E-state index contributed by atoms with van der Waals surface area (Å²) in [6, 6.07) is 7.47. The normalized spacial score (nSPS) is 12.1. The van der Waals surface area contributed by atoms with Crippen LogP contribution in [-0.2, 0) is 13.5 Å². The molecule has 0 saturated heterocycles. The van der Waals surface area contributed by atoms with Crippen LogP contribution < -0.4 is 5.32 Å². The Labute approximate surface area is 166 Å². The Balaban J connectivity index is 1.80. The second kappa shape index (κ2) is 7.92. The summed E-state index contributed by atoms with van der Waals surface area (Å²) in [6.07, 6.45) is 2.73. The first-order valence-corrected chi connectivity index (χ1v) is 9.55. The maximum atomic E-state index is 12.7. The van der Waals surface area contributed by atoms with E-state index >= 15 is 0 Å². The van der Waals surface area contributed by atoms with Gasteiger partial charge in [-0.3, -0.25) is 9.48 Å². The SMILES string of the molecule is CCc1cnc(C)nc1-c1ccc(C(=O)NC(C)c2c(C)nn(C)c2C)cc1. The highest BCUT2D eigenvalue weighted by Gasteiger charge is 2.19. The molecule has 28 heavy (non-hydrogen) atoms. The number of rotatable bonds is 5. The van der Waals surface area contributed by atoms with E-state index in [9.17, 15) is 4.79 Å². The van der Waals surface area contributed by atoms with E-state index in [4.69, 9.17) is 0 Å². The van der Waals surface area contributed by atoms with Crippen molar-refractivity contribution in [2.75, 3.05) is 0 Å². The maximum absolute atomic E-state index is 12.7. The molecular formula is C22H27N5O. The van der Waals surface area contributed by atoms with Crippen LogP contribution in [0.25, 0.3) is 11.3 Å². The average Bonchev–Trinajstić information content (AvgIpc) is 2.93. The van der Waals surface area contributed by atoms with Gasteiger partial charge in [0.05, 0.1) is 17.4 Å². The Morgan fingerprint density at radius 3 is 2.43 bits per heavy atom. The predicted molar refractivity (Wildman–Crippen MR) is 110 cm³/mol. The predicted octanol–water partition coefficient (Wildman–Crippen LogP) is 3.86. The minimum absolute atomic E-state index is 0.101. The molecule has 0 fully saturated rings. The molecule has 3 aromatic rings. The maximum Gasteiger partial charge on any atom is 0.251 e. The first-order chi connectivity index (χ1) is 13.3. The number of carbonyl (C=O) groups is 1. The number of carbonyl (C=O) groups excluding carboxylic acids is 1. The van der Waals surface area contributed by atoms with Gasteiger partial charge in [-0.25, -0.2) is 9.97 Å². The first-order valence-electron chi connectivity index (χ1n) is 9.55. The molecule has 2 heterocycles. The third kappa shape index (κ3) is 3.81. The van der Waals surface area contributed by atoms with Crippen LogP contribution in [0.3, 0.4) is 0 Å². The van der Waals surface area contributed by atoms with Crippen molar-refractivity contribution in [2.45, 2.75) is 47.1 Å². The van der Waals surface area contributed by atoms with Gasteiger partial charge in [-0.05, 0) is 51.8 Å². The lowest BCUT2D eigenvalue weighted by Crippen LogP contribution is -2.27. The number of aromatic nitrogens is 4. The molecule has 1 aromatic carbocycles. The average molecular weight is 377 g/mol. The van der Waals surface area contributed by atoms with E-state index < -0.39 is 0 Å². The number of benzene rings is 1. The van der Waals surface area contributed by atoms with Crippen molar-refractivity contribution < 1.29 is 4.79 Å². The third-order valence-electron chi connectivity index (χ3n) is 5.13. The quantitative estimate of drug-likeness (QED) is 0.733. The topological polar surface area (TPSA) is 72.7 Å². The van der Waals surface area contributed by atoms with Crippen molar-refractivity contribution in [3.8, 4) is 11.3 Å². The highest BCUT2D eigenvalue weighted by molar-refractivity contribution is 5.95. The summed E-state index contributed by atoms with van der Waals surface area (Å²) in [7, 11) is 1.92. The van der Waals surface area contributed by atoms with E-state index in [2.05, 4.69) is 27.3 Å². The summed E-state index contributed by atoms with van der Waals surface area (Å²) >= 11 is 0. The van der Waals surface area contributed by atoms with Crippen molar-refractivity contribution in [3.63, 3.8) is 0 Å². The van der Waals surface area contributed by atoms with E-state index in [1.165, 1.54) is 0 Å². The van der Waals surface area contributed by atoms with Crippen molar-refractivity contribution in [1.82, 2.24) is 25.1 Å². The molecular weight excluding hydrogens is 350 g/mol. The van der Waals surface area contributed by atoms with Crippen molar-refractivity contribution in [1.29, 1.82) is 0 Å². The zero-order valence-corrected chi connectivity index (χ0v) is 17.4. The highest BCUT2D eigenvalue weighted by atomic mass is 16.1. The number of aryl methyl sites for hydroxylation is 4. The summed E-state index contributed by atoms with van der Waals surface area (Å²) in [5.74, 6) is 0.640. The summed E-state index contributed by atoms with van der Waals surface area (Å²) in [5.41, 5.74) is 6.71. The highest BCUT2D eigenvalue weighted by Crippen LogP contribution is 2.24. The minimum Gasteiger partial charge on any atom is -0.345 e. The van der Waals surface area contributed by atoms with Gasteiger partial charge in [0.15, 0.2) is 0 Å². The van der Waals surface area contributed by atoms with Crippen LogP contribution in [0.5, 0.6) is 0 Å². The van der Waals surface area contributed by atoms with Gasteiger partial charge < -0.3 is 5.32 Å². The van der Waals surface area contributed by atoms with Gasteiger partial charge >= 0.3 is 0 Å². The van der Waals surface area contributed by atoms with Gasteiger partial charge in [-0.1, -0.05) is 19.1 Å². The second-order valence-corrected chi connectivity index (χ2v) is 7.13. The molecule has 1 atom stereocenters. The van der Waals surface area contributed by atoms with E-state index in [-0.39, 0.29) is 11.9 Å². The fourth-order valence-corrected chi connectivity index (χ4v) is 3.55. The number of nitrogens with zero attached hydrogens (tertiary/aromatic N) is 4. The van der Waals surface area contributed by atoms with E-state index in [0.717, 1.165) is 46.0 Å². The van der Waals surface area contributed by atoms with Gasteiger partial charge in [0, 0.05) is 35.6 Å². The summed E-state index contributed by atoms with van der Waals surface area (Å²) in [6.45, 7) is 9.94. The number of nitrogens with one attached hydrogen (secondary N) is 1. The lowest BCUT2D eigenvalue weighted by molar-refractivity contribution is 0.0940. The molecule has 1 amide bonds. The fourth-order valence-electron chi connectivity index (χ4n) is 3.55. The van der Waals surface area contributed by atoms with Crippen LogP contribution in [0, 0.1) is 20.8 Å².